The Morgan fingerprint density at radius 3 is 2.04 bits per heavy atom. The van der Waals surface area contributed by atoms with Crippen molar-refractivity contribution in [2.45, 2.75) is 84.9 Å². The van der Waals surface area contributed by atoms with Crippen molar-refractivity contribution in [2.24, 2.45) is 39.9 Å². The summed E-state index contributed by atoms with van der Waals surface area (Å²) in [7, 11) is -1.85. The smallest absolute Gasteiger partial charge is 0.200 e. The van der Waals surface area contributed by atoms with Crippen LogP contribution < -0.4 is 0 Å². The van der Waals surface area contributed by atoms with E-state index in [1.165, 1.54) is 12.8 Å². The molecule has 0 aromatic rings. The molecule has 4 rings (SSSR count). The molecule has 7 atom stereocenters. The van der Waals surface area contributed by atoms with Crippen LogP contribution in [0, 0.1) is 39.9 Å². The first-order chi connectivity index (χ1) is 12.6. The summed E-state index contributed by atoms with van der Waals surface area (Å²) in [5, 5.41) is 10.1. The second kappa shape index (κ2) is 5.95. The third-order valence-corrected chi connectivity index (χ3v) is 16.3. The van der Waals surface area contributed by atoms with Crippen molar-refractivity contribution < 1.29 is 9.53 Å². The second-order valence-corrected chi connectivity index (χ2v) is 17.1. The van der Waals surface area contributed by atoms with Crippen molar-refractivity contribution in [2.75, 3.05) is 13.2 Å². The summed E-state index contributed by atoms with van der Waals surface area (Å²) in [6.07, 6.45) is 7.56. The van der Waals surface area contributed by atoms with E-state index in [1.807, 2.05) is 0 Å². The lowest BCUT2D eigenvalue weighted by Crippen LogP contribution is -2.51. The lowest BCUT2D eigenvalue weighted by molar-refractivity contribution is 0.0413. The van der Waals surface area contributed by atoms with Gasteiger partial charge in [-0.15, -0.1) is 0 Å². The molecule has 3 heteroatoms. The minimum absolute atomic E-state index is 0.235. The van der Waals surface area contributed by atoms with Crippen LogP contribution in [0.3, 0.4) is 0 Å². The highest BCUT2D eigenvalue weighted by molar-refractivity contribution is 6.77. The number of rotatable bonds is 7. The monoisotopic (exact) mass is 390 g/mol. The summed E-state index contributed by atoms with van der Waals surface area (Å²) in [4.78, 5) is 0. The maximum absolute atomic E-state index is 10.1. The van der Waals surface area contributed by atoms with Crippen LogP contribution in [0.4, 0.5) is 0 Å². The van der Waals surface area contributed by atoms with E-state index in [0.29, 0.717) is 45.9 Å². The fraction of sp³-hybridized carbons (Fsp3) is 0.917. The largest absolute Gasteiger partial charge is 0.415 e. The summed E-state index contributed by atoms with van der Waals surface area (Å²) >= 11 is 0. The molecule has 27 heavy (non-hydrogen) atoms. The first-order valence-electron chi connectivity index (χ1n) is 11.5. The lowest BCUT2D eigenvalue weighted by atomic mass is 9.68. The van der Waals surface area contributed by atoms with Crippen LogP contribution in [0.1, 0.15) is 68.2 Å². The third kappa shape index (κ3) is 2.00. The topological polar surface area (TPSA) is 29.5 Å². The molecule has 1 N–H and O–H groups in total. The van der Waals surface area contributed by atoms with Crippen LogP contribution in [0.2, 0.25) is 16.6 Å². The van der Waals surface area contributed by atoms with Crippen molar-refractivity contribution in [1.82, 2.24) is 0 Å². The van der Waals surface area contributed by atoms with E-state index >= 15 is 0 Å². The number of aliphatic hydroxyl groups is 1. The van der Waals surface area contributed by atoms with E-state index in [2.05, 4.69) is 67.5 Å². The van der Waals surface area contributed by atoms with Crippen molar-refractivity contribution in [3.05, 3.63) is 12.2 Å². The quantitative estimate of drug-likeness (QED) is 0.425. The molecule has 0 radical (unpaired) electrons. The first-order valence-corrected chi connectivity index (χ1v) is 13.6. The Balaban J connectivity index is 1.66. The molecular formula is C24H42O2Si. The molecule has 0 aromatic carbocycles. The van der Waals surface area contributed by atoms with E-state index in [9.17, 15) is 5.11 Å². The van der Waals surface area contributed by atoms with Gasteiger partial charge in [-0.1, -0.05) is 67.5 Å². The minimum atomic E-state index is -1.85. The van der Waals surface area contributed by atoms with Crippen LogP contribution in [0.25, 0.3) is 0 Å². The molecule has 0 heterocycles. The molecule has 0 bridgehead atoms. The summed E-state index contributed by atoms with van der Waals surface area (Å²) in [6, 6.07) is 0. The minimum Gasteiger partial charge on any atom is -0.415 e. The Labute approximate surface area is 168 Å². The summed E-state index contributed by atoms with van der Waals surface area (Å²) in [5.41, 5.74) is 2.92. The Morgan fingerprint density at radius 1 is 0.963 bits per heavy atom. The van der Waals surface area contributed by atoms with Gasteiger partial charge in [0, 0.05) is 13.2 Å². The first kappa shape index (κ1) is 20.2. The molecule has 2 nitrogen and oxygen atoms in total. The zero-order valence-corrected chi connectivity index (χ0v) is 19.9. The average molecular weight is 391 g/mol. The SMILES string of the molecule is CC(C)[Si](OC[C@@]1(C)[C@@H]2C=C[C@H]3[C@]2(C)[C@]32[C@H](CO)CC[C@@H]12)(C(C)C)C(C)C. The zero-order chi connectivity index (χ0) is 20.0. The highest BCUT2D eigenvalue weighted by Crippen LogP contribution is 2.93. The van der Waals surface area contributed by atoms with Crippen molar-refractivity contribution >= 4 is 8.32 Å². The summed E-state index contributed by atoms with van der Waals surface area (Å²) < 4.78 is 7.18. The number of hydrogen-bond donors (Lipinski definition) is 1. The van der Waals surface area contributed by atoms with Gasteiger partial charge < -0.3 is 9.53 Å². The van der Waals surface area contributed by atoms with Gasteiger partial charge >= 0.3 is 0 Å². The van der Waals surface area contributed by atoms with Gasteiger partial charge in [0.25, 0.3) is 0 Å². The average Bonchev–Trinajstić information content (AvgIpc) is 2.88. The number of allylic oxidation sites excluding steroid dienone is 2. The van der Waals surface area contributed by atoms with Gasteiger partial charge in [-0.25, -0.2) is 0 Å². The van der Waals surface area contributed by atoms with Gasteiger partial charge in [-0.2, -0.15) is 0 Å². The number of hydrogen-bond acceptors (Lipinski definition) is 2. The standard InChI is InChI=1S/C24H42O2Si/c1-15(2)27(16(3)4,17(5)6)26-14-22(7)19-11-12-21-23(19,8)24(21)18(13-25)9-10-20(22)24/h11-12,15-21,25H,9-10,13-14H2,1-8H3/t18-,19-,20-,21-,22-,23+,24-/m0/s1. The molecule has 3 fully saturated rings. The van der Waals surface area contributed by atoms with E-state index in [4.69, 9.17) is 4.43 Å². The fourth-order valence-corrected chi connectivity index (χ4v) is 15.2. The van der Waals surface area contributed by atoms with Gasteiger partial charge in [0.15, 0.2) is 8.32 Å². The maximum Gasteiger partial charge on any atom is 0.200 e. The Morgan fingerprint density at radius 2 is 1.52 bits per heavy atom. The van der Waals surface area contributed by atoms with Crippen LogP contribution >= 0.6 is 0 Å². The van der Waals surface area contributed by atoms with Gasteiger partial charge in [0.05, 0.1) is 0 Å². The van der Waals surface area contributed by atoms with E-state index in [-0.39, 0.29) is 5.41 Å². The normalized spacial score (nSPS) is 47.4. The highest BCUT2D eigenvalue weighted by atomic mass is 28.4. The molecule has 1 spiro atoms. The van der Waals surface area contributed by atoms with Gasteiger partial charge in [-0.05, 0) is 69.4 Å². The van der Waals surface area contributed by atoms with Crippen molar-refractivity contribution in [3.8, 4) is 0 Å². The molecule has 0 amide bonds. The predicted molar refractivity (Wildman–Crippen MR) is 115 cm³/mol. The molecule has 0 saturated heterocycles. The molecular weight excluding hydrogens is 348 g/mol. The Hall–Kier alpha value is -0.123. The lowest BCUT2D eigenvalue weighted by Gasteiger charge is -2.47. The third-order valence-electron chi connectivity index (χ3n) is 10.3. The van der Waals surface area contributed by atoms with E-state index < -0.39 is 8.32 Å². The zero-order valence-electron chi connectivity index (χ0n) is 18.9. The molecule has 4 aliphatic carbocycles. The maximum atomic E-state index is 10.1. The van der Waals surface area contributed by atoms with E-state index in [1.54, 1.807) is 0 Å². The molecule has 0 unspecified atom stereocenters. The van der Waals surface area contributed by atoms with Crippen molar-refractivity contribution in [1.29, 1.82) is 0 Å². The van der Waals surface area contributed by atoms with Crippen molar-refractivity contribution in [3.63, 3.8) is 0 Å². The van der Waals surface area contributed by atoms with Crippen LogP contribution in [0.15, 0.2) is 12.2 Å². The fourth-order valence-electron chi connectivity index (χ4n) is 9.61. The second-order valence-electron chi connectivity index (χ2n) is 11.7. The summed E-state index contributed by atoms with van der Waals surface area (Å²) in [6.45, 7) is 20.7. The molecule has 0 aliphatic heterocycles. The molecule has 154 valence electrons. The molecule has 3 saturated carbocycles. The molecule has 0 aromatic heterocycles. The predicted octanol–water partition coefficient (Wildman–Crippen LogP) is 6.03. The van der Waals surface area contributed by atoms with E-state index in [0.717, 1.165) is 18.4 Å². The Bertz CT molecular complexity index is 619. The van der Waals surface area contributed by atoms with Crippen LogP contribution in [0.5, 0.6) is 0 Å². The summed E-state index contributed by atoms with van der Waals surface area (Å²) in [5.74, 6) is 2.58. The highest BCUT2D eigenvalue weighted by Gasteiger charge is 2.90. The van der Waals surface area contributed by atoms with Gasteiger partial charge in [-0.3, -0.25) is 0 Å². The Kier molecular flexibility index (Phi) is 4.44. The van der Waals surface area contributed by atoms with Crippen LogP contribution in [-0.4, -0.2) is 26.6 Å². The number of aliphatic hydroxyl groups excluding tert-OH is 1. The van der Waals surface area contributed by atoms with Crippen LogP contribution in [-0.2, 0) is 4.43 Å². The molecule has 4 aliphatic rings. The van der Waals surface area contributed by atoms with Gasteiger partial charge in [0.2, 0.25) is 0 Å². The van der Waals surface area contributed by atoms with Gasteiger partial charge in [0.1, 0.15) is 0 Å².